The zero-order chi connectivity index (χ0) is 25.8. The van der Waals surface area contributed by atoms with Crippen LogP contribution in [0.5, 0.6) is 0 Å². The molecule has 3 aromatic carbocycles. The van der Waals surface area contributed by atoms with E-state index in [9.17, 15) is 14.0 Å². The van der Waals surface area contributed by atoms with E-state index in [4.69, 9.17) is 9.73 Å². The molecule has 0 saturated heterocycles. The molecule has 0 aliphatic carbocycles. The normalized spacial score (nSPS) is 14.8. The first-order chi connectivity index (χ1) is 18.0. The van der Waals surface area contributed by atoms with Crippen molar-refractivity contribution in [3.63, 3.8) is 0 Å². The third-order valence-electron chi connectivity index (χ3n) is 6.30. The standard InChI is InChI=1S/C29H25FN4O3/c1-37-26(35)12-7-19-3-2-4-21(15-19)28(27-24-11-8-22(30)16-25(24)33-29(27)36)32-23-9-5-20(6-10-23)17-34-14-13-31-18-34/h2-6,8-11,13-16,18,27H,7,12,17H2,1H3,(H,33,36). The molecule has 2 heterocycles. The van der Waals surface area contributed by atoms with Crippen molar-refractivity contribution < 1.29 is 18.7 Å². The van der Waals surface area contributed by atoms with Gasteiger partial charge < -0.3 is 14.6 Å². The number of carbonyl (C=O) groups is 2. The van der Waals surface area contributed by atoms with Crippen molar-refractivity contribution in [1.29, 1.82) is 0 Å². The molecule has 1 atom stereocenters. The molecule has 1 aromatic heterocycles. The minimum absolute atomic E-state index is 0.247. The lowest BCUT2D eigenvalue weighted by Crippen LogP contribution is -2.22. The molecular weight excluding hydrogens is 471 g/mol. The number of carbonyl (C=O) groups excluding carboxylic acids is 2. The van der Waals surface area contributed by atoms with Crippen molar-refractivity contribution in [2.75, 3.05) is 12.4 Å². The van der Waals surface area contributed by atoms with Gasteiger partial charge in [0.25, 0.3) is 0 Å². The summed E-state index contributed by atoms with van der Waals surface area (Å²) in [5, 5.41) is 2.79. The highest BCUT2D eigenvalue weighted by Crippen LogP contribution is 2.37. The number of hydrogen-bond donors (Lipinski definition) is 1. The van der Waals surface area contributed by atoms with Gasteiger partial charge in [-0.05, 0) is 59.0 Å². The highest BCUT2D eigenvalue weighted by atomic mass is 19.1. The molecule has 0 radical (unpaired) electrons. The van der Waals surface area contributed by atoms with Crippen molar-refractivity contribution in [2.45, 2.75) is 25.3 Å². The predicted octanol–water partition coefficient (Wildman–Crippen LogP) is 5.03. The van der Waals surface area contributed by atoms with Gasteiger partial charge in [0.1, 0.15) is 11.7 Å². The second kappa shape index (κ2) is 10.6. The Balaban J connectivity index is 1.52. The monoisotopic (exact) mass is 496 g/mol. The number of rotatable bonds is 8. The van der Waals surface area contributed by atoms with Gasteiger partial charge in [0, 0.05) is 31.0 Å². The first-order valence-electron chi connectivity index (χ1n) is 11.9. The number of amides is 1. The highest BCUT2D eigenvalue weighted by molar-refractivity contribution is 6.24. The quantitative estimate of drug-likeness (QED) is 0.274. The average Bonchev–Trinajstić information content (AvgIpc) is 3.53. The molecule has 5 rings (SSSR count). The van der Waals surface area contributed by atoms with Crippen molar-refractivity contribution in [3.8, 4) is 0 Å². The van der Waals surface area contributed by atoms with Gasteiger partial charge in [-0.15, -0.1) is 0 Å². The average molecular weight is 497 g/mol. The molecule has 1 aliphatic rings. The lowest BCUT2D eigenvalue weighted by atomic mass is 9.89. The number of esters is 1. The Kier molecular flexibility index (Phi) is 6.89. The number of anilines is 1. The van der Waals surface area contributed by atoms with E-state index in [0.717, 1.165) is 16.7 Å². The third kappa shape index (κ3) is 5.48. The SMILES string of the molecule is COC(=O)CCc1cccc(C(=Nc2ccc(Cn3ccnc3)cc2)C2C(=O)Nc3cc(F)ccc32)c1. The van der Waals surface area contributed by atoms with E-state index in [2.05, 4.69) is 10.3 Å². The lowest BCUT2D eigenvalue weighted by molar-refractivity contribution is -0.140. The van der Waals surface area contributed by atoms with Crippen molar-refractivity contribution in [2.24, 2.45) is 4.99 Å². The number of benzene rings is 3. The van der Waals surface area contributed by atoms with Crippen LogP contribution in [-0.4, -0.2) is 34.2 Å². The second-order valence-electron chi connectivity index (χ2n) is 8.83. The van der Waals surface area contributed by atoms with E-state index in [0.29, 0.717) is 35.6 Å². The summed E-state index contributed by atoms with van der Waals surface area (Å²) >= 11 is 0. The van der Waals surface area contributed by atoms with E-state index < -0.39 is 11.7 Å². The second-order valence-corrected chi connectivity index (χ2v) is 8.83. The summed E-state index contributed by atoms with van der Waals surface area (Å²) in [7, 11) is 1.36. The number of aromatic nitrogens is 2. The molecular formula is C29H25FN4O3. The van der Waals surface area contributed by atoms with Crippen LogP contribution >= 0.6 is 0 Å². The molecule has 1 N–H and O–H groups in total. The summed E-state index contributed by atoms with van der Waals surface area (Å²) in [6.45, 7) is 0.684. The number of methoxy groups -OCH3 is 1. The van der Waals surface area contributed by atoms with Crippen molar-refractivity contribution in [3.05, 3.63) is 114 Å². The summed E-state index contributed by atoms with van der Waals surface area (Å²) < 4.78 is 20.6. The number of halogens is 1. The van der Waals surface area contributed by atoms with E-state index in [1.807, 2.05) is 59.3 Å². The van der Waals surface area contributed by atoms with Gasteiger partial charge >= 0.3 is 5.97 Å². The van der Waals surface area contributed by atoms with Crippen LogP contribution in [0.3, 0.4) is 0 Å². The minimum Gasteiger partial charge on any atom is -0.469 e. The van der Waals surface area contributed by atoms with Crippen LogP contribution in [0.4, 0.5) is 15.8 Å². The Labute approximate surface area is 213 Å². The maximum absolute atomic E-state index is 13.9. The summed E-state index contributed by atoms with van der Waals surface area (Å²) in [5.74, 6) is -1.69. The molecule has 1 aliphatic heterocycles. The summed E-state index contributed by atoms with van der Waals surface area (Å²) in [4.78, 5) is 33.8. The third-order valence-corrected chi connectivity index (χ3v) is 6.30. The van der Waals surface area contributed by atoms with Gasteiger partial charge in [0.15, 0.2) is 0 Å². The van der Waals surface area contributed by atoms with Crippen LogP contribution < -0.4 is 5.32 Å². The fourth-order valence-corrected chi connectivity index (χ4v) is 4.44. The van der Waals surface area contributed by atoms with E-state index in [-0.39, 0.29) is 18.3 Å². The maximum Gasteiger partial charge on any atom is 0.305 e. The zero-order valence-electron chi connectivity index (χ0n) is 20.2. The van der Waals surface area contributed by atoms with Crippen LogP contribution in [-0.2, 0) is 27.3 Å². The van der Waals surface area contributed by atoms with E-state index in [1.54, 1.807) is 18.6 Å². The Morgan fingerprint density at radius 1 is 1.11 bits per heavy atom. The van der Waals surface area contributed by atoms with Crippen LogP contribution in [0.1, 0.15) is 34.6 Å². The van der Waals surface area contributed by atoms with Crippen LogP contribution in [0.25, 0.3) is 0 Å². The van der Waals surface area contributed by atoms with Gasteiger partial charge in [-0.3, -0.25) is 14.6 Å². The molecule has 0 fully saturated rings. The molecule has 0 spiro atoms. The number of hydrogen-bond acceptors (Lipinski definition) is 5. The number of nitrogens with zero attached hydrogens (tertiary/aromatic N) is 3. The Morgan fingerprint density at radius 2 is 1.95 bits per heavy atom. The Morgan fingerprint density at radius 3 is 2.70 bits per heavy atom. The van der Waals surface area contributed by atoms with Crippen molar-refractivity contribution in [1.82, 2.24) is 9.55 Å². The molecule has 0 saturated carbocycles. The number of ether oxygens (including phenoxy) is 1. The summed E-state index contributed by atoms with van der Waals surface area (Å²) in [6, 6.07) is 19.7. The number of nitrogens with one attached hydrogen (secondary N) is 1. The molecule has 0 bridgehead atoms. The fraction of sp³-hybridized carbons (Fsp3) is 0.172. The number of imidazole rings is 1. The fourth-order valence-electron chi connectivity index (χ4n) is 4.44. The van der Waals surface area contributed by atoms with Gasteiger partial charge in [0.2, 0.25) is 5.91 Å². The molecule has 4 aromatic rings. The summed E-state index contributed by atoms with van der Waals surface area (Å²) in [6.07, 6.45) is 6.14. The smallest absolute Gasteiger partial charge is 0.305 e. The predicted molar refractivity (Wildman–Crippen MR) is 139 cm³/mol. The molecule has 37 heavy (non-hydrogen) atoms. The lowest BCUT2D eigenvalue weighted by Gasteiger charge is -2.15. The first-order valence-corrected chi connectivity index (χ1v) is 11.9. The van der Waals surface area contributed by atoms with Crippen LogP contribution in [0.15, 0.2) is 90.4 Å². The topological polar surface area (TPSA) is 85.6 Å². The number of aliphatic imine (C=N–C) groups is 1. The van der Waals surface area contributed by atoms with Crippen LogP contribution in [0.2, 0.25) is 0 Å². The number of aryl methyl sites for hydroxylation is 1. The highest BCUT2D eigenvalue weighted by Gasteiger charge is 2.35. The first kappa shape index (κ1) is 24.1. The Bertz CT molecular complexity index is 1460. The molecule has 1 amide bonds. The number of fused-ring (bicyclic) bond motifs is 1. The van der Waals surface area contributed by atoms with Gasteiger partial charge in [-0.1, -0.05) is 36.4 Å². The molecule has 186 valence electrons. The van der Waals surface area contributed by atoms with Gasteiger partial charge in [-0.25, -0.2) is 9.37 Å². The van der Waals surface area contributed by atoms with Gasteiger partial charge in [-0.2, -0.15) is 0 Å². The maximum atomic E-state index is 13.9. The van der Waals surface area contributed by atoms with E-state index in [1.165, 1.54) is 19.2 Å². The minimum atomic E-state index is -0.711. The van der Waals surface area contributed by atoms with Crippen LogP contribution in [0, 0.1) is 5.82 Å². The molecule has 7 nitrogen and oxygen atoms in total. The summed E-state index contributed by atoms with van der Waals surface area (Å²) in [5.41, 5.74) is 5.11. The zero-order valence-corrected chi connectivity index (χ0v) is 20.2. The molecule has 1 unspecified atom stereocenters. The van der Waals surface area contributed by atoms with Gasteiger partial charge in [0.05, 0.1) is 24.8 Å². The Hall–Kier alpha value is -4.59. The van der Waals surface area contributed by atoms with Crippen molar-refractivity contribution >= 4 is 29.0 Å². The largest absolute Gasteiger partial charge is 0.469 e. The van der Waals surface area contributed by atoms with E-state index >= 15 is 0 Å². The molecule has 8 heteroatoms.